The van der Waals surface area contributed by atoms with E-state index in [4.69, 9.17) is 9.47 Å². The van der Waals surface area contributed by atoms with Gasteiger partial charge in [0.15, 0.2) is 0 Å². The zero-order chi connectivity index (χ0) is 20.1. The van der Waals surface area contributed by atoms with Crippen LogP contribution in [0.3, 0.4) is 0 Å². The molecule has 0 aliphatic rings. The lowest BCUT2D eigenvalue weighted by Crippen LogP contribution is -2.33. The summed E-state index contributed by atoms with van der Waals surface area (Å²) in [6.07, 6.45) is 5.51. The van der Waals surface area contributed by atoms with Crippen molar-refractivity contribution in [2.75, 3.05) is 25.5 Å². The van der Waals surface area contributed by atoms with E-state index in [1.807, 2.05) is 26.8 Å². The maximum absolute atomic E-state index is 11.6. The molecule has 150 valence electrons. The third kappa shape index (κ3) is 5.10. The first kappa shape index (κ1) is 19.9. The van der Waals surface area contributed by atoms with Gasteiger partial charge in [-0.2, -0.15) is 0 Å². The number of pyridine rings is 1. The number of carbonyl (C=O) groups excluding carboxylic acids is 1. The fourth-order valence-corrected chi connectivity index (χ4v) is 3.22. The number of anilines is 1. The van der Waals surface area contributed by atoms with Crippen molar-refractivity contribution in [3.63, 3.8) is 0 Å². The summed E-state index contributed by atoms with van der Waals surface area (Å²) in [7, 11) is 1.61. The average molecular weight is 404 g/mol. The van der Waals surface area contributed by atoms with Crippen LogP contribution in [-0.4, -0.2) is 51.5 Å². The fourth-order valence-electron chi connectivity index (χ4n) is 2.42. The van der Waals surface area contributed by atoms with Gasteiger partial charge in [0.05, 0.1) is 25.2 Å². The summed E-state index contributed by atoms with van der Waals surface area (Å²) >= 11 is 1.46. The van der Waals surface area contributed by atoms with Crippen molar-refractivity contribution in [1.82, 2.24) is 24.9 Å². The molecule has 3 aromatic heterocycles. The van der Waals surface area contributed by atoms with Crippen molar-refractivity contribution < 1.29 is 14.3 Å². The molecule has 0 radical (unpaired) electrons. The van der Waals surface area contributed by atoms with Crippen LogP contribution in [0, 0.1) is 0 Å². The molecular formula is C18H24N6O3S. The number of hydrogen-bond donors (Lipinski definition) is 2. The Labute approximate surface area is 167 Å². The number of rotatable bonds is 7. The first-order chi connectivity index (χ1) is 13.4. The van der Waals surface area contributed by atoms with E-state index < -0.39 is 11.7 Å². The van der Waals surface area contributed by atoms with Gasteiger partial charge in [0.25, 0.3) is 0 Å². The Hall–Kier alpha value is -2.88. The van der Waals surface area contributed by atoms with E-state index in [1.54, 1.807) is 30.2 Å². The van der Waals surface area contributed by atoms with E-state index in [9.17, 15) is 4.79 Å². The van der Waals surface area contributed by atoms with E-state index in [1.165, 1.54) is 11.3 Å². The first-order valence-corrected chi connectivity index (χ1v) is 9.72. The molecule has 0 unspecified atom stereocenters. The average Bonchev–Trinajstić information content (AvgIpc) is 3.20. The van der Waals surface area contributed by atoms with Crippen molar-refractivity contribution in [1.29, 1.82) is 0 Å². The standard InChI is InChI=1S/C18H24N6O3S/c1-18(2,3)27-17(25)21-7-5-6-20-15-23-24-14(11-22-16(24)28-15)12-8-13(26-4)10-19-9-12/h8-11H,5-7H2,1-4H3,(H,20,23)(H,21,25). The number of amides is 1. The van der Waals surface area contributed by atoms with Gasteiger partial charge in [-0.15, -0.1) is 5.10 Å². The van der Waals surface area contributed by atoms with E-state index in [0.29, 0.717) is 18.8 Å². The summed E-state index contributed by atoms with van der Waals surface area (Å²) in [5.74, 6) is 0.679. The van der Waals surface area contributed by atoms with Crippen LogP contribution in [0.25, 0.3) is 16.2 Å². The van der Waals surface area contributed by atoms with Crippen LogP contribution >= 0.6 is 11.3 Å². The third-order valence-electron chi connectivity index (χ3n) is 3.63. The summed E-state index contributed by atoms with van der Waals surface area (Å²) in [6.45, 7) is 6.70. The quantitative estimate of drug-likeness (QED) is 0.583. The number of nitrogens with zero attached hydrogens (tertiary/aromatic N) is 4. The number of hydrogen-bond acceptors (Lipinski definition) is 8. The van der Waals surface area contributed by atoms with E-state index in [0.717, 1.165) is 27.8 Å². The molecular weight excluding hydrogens is 380 g/mol. The largest absolute Gasteiger partial charge is 0.495 e. The van der Waals surface area contributed by atoms with Crippen molar-refractivity contribution >= 4 is 27.5 Å². The summed E-state index contributed by atoms with van der Waals surface area (Å²) < 4.78 is 12.2. The Balaban J connectivity index is 1.54. The predicted octanol–water partition coefficient (Wildman–Crippen LogP) is 3.19. The van der Waals surface area contributed by atoms with Gasteiger partial charge in [-0.05, 0) is 33.3 Å². The maximum Gasteiger partial charge on any atom is 0.407 e. The molecule has 2 N–H and O–H groups in total. The highest BCUT2D eigenvalue weighted by Gasteiger charge is 2.15. The lowest BCUT2D eigenvalue weighted by atomic mass is 10.2. The van der Waals surface area contributed by atoms with Gasteiger partial charge >= 0.3 is 6.09 Å². The van der Waals surface area contributed by atoms with Crippen LogP contribution in [-0.2, 0) is 4.74 Å². The number of nitrogens with one attached hydrogen (secondary N) is 2. The first-order valence-electron chi connectivity index (χ1n) is 8.90. The SMILES string of the molecule is COc1cncc(-c2cnc3sc(NCCCNC(=O)OC(C)(C)C)nn23)c1. The Morgan fingerprint density at radius 1 is 1.25 bits per heavy atom. The van der Waals surface area contributed by atoms with Crippen LogP contribution in [0.4, 0.5) is 9.93 Å². The summed E-state index contributed by atoms with van der Waals surface area (Å²) in [6, 6.07) is 1.89. The summed E-state index contributed by atoms with van der Waals surface area (Å²) in [5.41, 5.74) is 1.23. The molecule has 3 heterocycles. The Bertz CT molecular complexity index is 946. The topological polar surface area (TPSA) is 103 Å². The summed E-state index contributed by atoms with van der Waals surface area (Å²) in [5, 5.41) is 11.3. The lowest BCUT2D eigenvalue weighted by molar-refractivity contribution is 0.0528. The number of carbonyl (C=O) groups is 1. The minimum absolute atomic E-state index is 0.406. The highest BCUT2D eigenvalue weighted by molar-refractivity contribution is 7.20. The molecule has 3 rings (SSSR count). The highest BCUT2D eigenvalue weighted by atomic mass is 32.1. The molecule has 0 aliphatic heterocycles. The Morgan fingerprint density at radius 3 is 2.82 bits per heavy atom. The number of alkyl carbamates (subject to hydrolysis) is 1. The van der Waals surface area contributed by atoms with Crippen LogP contribution in [0.5, 0.6) is 5.75 Å². The van der Waals surface area contributed by atoms with Gasteiger partial charge in [-0.1, -0.05) is 11.3 Å². The van der Waals surface area contributed by atoms with Gasteiger partial charge in [-0.3, -0.25) is 4.98 Å². The van der Waals surface area contributed by atoms with Crippen LogP contribution < -0.4 is 15.4 Å². The smallest absolute Gasteiger partial charge is 0.407 e. The second-order valence-electron chi connectivity index (χ2n) is 7.07. The van der Waals surface area contributed by atoms with E-state index in [2.05, 4.69) is 25.7 Å². The van der Waals surface area contributed by atoms with Crippen LogP contribution in [0.15, 0.2) is 24.7 Å². The number of fused-ring (bicyclic) bond motifs is 1. The number of methoxy groups -OCH3 is 1. The van der Waals surface area contributed by atoms with Crippen molar-refractivity contribution in [2.45, 2.75) is 32.8 Å². The van der Waals surface area contributed by atoms with Crippen molar-refractivity contribution in [2.24, 2.45) is 0 Å². The molecule has 0 atom stereocenters. The molecule has 0 fully saturated rings. The van der Waals surface area contributed by atoms with Crippen LogP contribution in [0.2, 0.25) is 0 Å². The van der Waals surface area contributed by atoms with Gasteiger partial charge in [-0.25, -0.2) is 14.3 Å². The van der Waals surface area contributed by atoms with Crippen LogP contribution in [0.1, 0.15) is 27.2 Å². The third-order valence-corrected chi connectivity index (χ3v) is 4.51. The summed E-state index contributed by atoms with van der Waals surface area (Å²) in [4.78, 5) is 21.0. The zero-order valence-corrected chi connectivity index (χ0v) is 17.2. The molecule has 0 saturated carbocycles. The number of imidazole rings is 1. The Morgan fingerprint density at radius 2 is 2.07 bits per heavy atom. The minimum Gasteiger partial charge on any atom is -0.495 e. The fraction of sp³-hybridized carbons (Fsp3) is 0.444. The molecule has 1 amide bonds. The van der Waals surface area contributed by atoms with Crippen molar-refractivity contribution in [3.05, 3.63) is 24.7 Å². The molecule has 0 aromatic carbocycles. The molecule has 0 saturated heterocycles. The second kappa shape index (κ2) is 8.42. The molecule has 0 bridgehead atoms. The van der Waals surface area contributed by atoms with Gasteiger partial charge in [0.1, 0.15) is 11.4 Å². The Kier molecular flexibility index (Phi) is 5.98. The number of aromatic nitrogens is 4. The van der Waals surface area contributed by atoms with Crippen molar-refractivity contribution in [3.8, 4) is 17.0 Å². The minimum atomic E-state index is -0.492. The molecule has 0 aliphatic carbocycles. The molecule has 28 heavy (non-hydrogen) atoms. The molecule has 10 heteroatoms. The molecule has 9 nitrogen and oxygen atoms in total. The predicted molar refractivity (Wildman–Crippen MR) is 108 cm³/mol. The van der Waals surface area contributed by atoms with Gasteiger partial charge in [0, 0.05) is 24.8 Å². The van der Waals surface area contributed by atoms with E-state index in [-0.39, 0.29) is 0 Å². The van der Waals surface area contributed by atoms with Gasteiger partial charge < -0.3 is 20.1 Å². The normalized spacial score (nSPS) is 11.4. The zero-order valence-electron chi connectivity index (χ0n) is 16.4. The van der Waals surface area contributed by atoms with Gasteiger partial charge in [0.2, 0.25) is 10.1 Å². The second-order valence-corrected chi connectivity index (χ2v) is 8.02. The highest BCUT2D eigenvalue weighted by Crippen LogP contribution is 2.27. The maximum atomic E-state index is 11.6. The number of ether oxygens (including phenoxy) is 2. The van der Waals surface area contributed by atoms with E-state index >= 15 is 0 Å². The monoisotopic (exact) mass is 404 g/mol. The lowest BCUT2D eigenvalue weighted by Gasteiger charge is -2.19. The molecule has 3 aromatic rings. The molecule has 0 spiro atoms.